The zero-order valence-corrected chi connectivity index (χ0v) is 10.9. The standard InChI is InChI=1S/C10H7F2IN2O2/c1-2-17-10(16)8-6(9(11)12)7(13)5(3-14)4-15-8/h4,9H,2H2,1H3. The largest absolute Gasteiger partial charge is 0.461 e. The van der Waals surface area contributed by atoms with Crippen LogP contribution in [0.25, 0.3) is 0 Å². The number of hydrogen-bond donors (Lipinski definition) is 0. The Balaban J connectivity index is 3.37. The molecule has 0 saturated carbocycles. The second kappa shape index (κ2) is 5.86. The van der Waals surface area contributed by atoms with E-state index in [2.05, 4.69) is 9.72 Å². The average molecular weight is 352 g/mol. The molecule has 0 radical (unpaired) electrons. The van der Waals surface area contributed by atoms with Crippen molar-refractivity contribution in [3.63, 3.8) is 0 Å². The van der Waals surface area contributed by atoms with Crippen LogP contribution in [0.4, 0.5) is 8.78 Å². The number of alkyl halides is 2. The van der Waals surface area contributed by atoms with Crippen LogP contribution in [0.3, 0.4) is 0 Å². The van der Waals surface area contributed by atoms with Gasteiger partial charge >= 0.3 is 5.97 Å². The van der Waals surface area contributed by atoms with Gasteiger partial charge in [-0.1, -0.05) is 0 Å². The Labute approximate surface area is 110 Å². The zero-order chi connectivity index (χ0) is 13.0. The number of pyridine rings is 1. The summed E-state index contributed by atoms with van der Waals surface area (Å²) >= 11 is 1.59. The minimum Gasteiger partial charge on any atom is -0.461 e. The van der Waals surface area contributed by atoms with Crippen LogP contribution < -0.4 is 0 Å². The second-order valence-corrected chi connectivity index (χ2v) is 3.96. The number of rotatable bonds is 3. The molecule has 0 amide bonds. The molecule has 1 heterocycles. The SMILES string of the molecule is CCOC(=O)c1ncc(C#N)c(I)c1C(F)F. The average Bonchev–Trinajstić information content (AvgIpc) is 2.28. The van der Waals surface area contributed by atoms with Crippen LogP contribution in [0.15, 0.2) is 6.20 Å². The zero-order valence-electron chi connectivity index (χ0n) is 8.71. The summed E-state index contributed by atoms with van der Waals surface area (Å²) in [7, 11) is 0. The Kier molecular flexibility index (Phi) is 4.74. The summed E-state index contributed by atoms with van der Waals surface area (Å²) < 4.78 is 30.3. The molecule has 0 aromatic carbocycles. The van der Waals surface area contributed by atoms with Gasteiger partial charge in [-0.2, -0.15) is 5.26 Å². The third kappa shape index (κ3) is 2.88. The van der Waals surface area contributed by atoms with Crippen LogP contribution in [0.5, 0.6) is 0 Å². The predicted molar refractivity (Wildman–Crippen MR) is 62.6 cm³/mol. The van der Waals surface area contributed by atoms with Gasteiger partial charge in [0, 0.05) is 9.77 Å². The van der Waals surface area contributed by atoms with Crippen molar-refractivity contribution in [1.82, 2.24) is 4.98 Å². The maximum atomic E-state index is 12.8. The van der Waals surface area contributed by atoms with Crippen molar-refractivity contribution in [2.75, 3.05) is 6.61 Å². The lowest BCUT2D eigenvalue weighted by atomic mass is 10.1. The number of esters is 1. The third-order valence-electron chi connectivity index (χ3n) is 1.86. The number of hydrogen-bond acceptors (Lipinski definition) is 4. The van der Waals surface area contributed by atoms with Crippen molar-refractivity contribution in [1.29, 1.82) is 5.26 Å². The van der Waals surface area contributed by atoms with Crippen molar-refractivity contribution < 1.29 is 18.3 Å². The summed E-state index contributed by atoms with van der Waals surface area (Å²) in [5, 5.41) is 8.70. The van der Waals surface area contributed by atoms with Gasteiger partial charge in [0.1, 0.15) is 6.07 Å². The van der Waals surface area contributed by atoms with Crippen LogP contribution >= 0.6 is 22.6 Å². The Morgan fingerprint density at radius 3 is 2.82 bits per heavy atom. The molecule has 0 fully saturated rings. The van der Waals surface area contributed by atoms with Gasteiger partial charge in [-0.15, -0.1) is 0 Å². The molecule has 1 aromatic rings. The highest BCUT2D eigenvalue weighted by atomic mass is 127. The fourth-order valence-corrected chi connectivity index (χ4v) is 1.89. The predicted octanol–water partition coefficient (Wildman–Crippen LogP) is 2.67. The highest BCUT2D eigenvalue weighted by Crippen LogP contribution is 2.29. The molecule has 0 unspecified atom stereocenters. The molecular formula is C10H7F2IN2O2. The summed E-state index contributed by atoms with van der Waals surface area (Å²) in [5.74, 6) is -0.912. The smallest absolute Gasteiger partial charge is 0.357 e. The Morgan fingerprint density at radius 2 is 2.35 bits per heavy atom. The molecule has 0 bridgehead atoms. The first-order chi connectivity index (χ1) is 8.02. The van der Waals surface area contributed by atoms with E-state index in [-0.39, 0.29) is 15.7 Å². The summed E-state index contributed by atoms with van der Waals surface area (Å²) in [6.45, 7) is 1.63. The normalized spacial score (nSPS) is 10.1. The number of halogens is 3. The first-order valence-corrected chi connectivity index (χ1v) is 5.64. The molecule has 0 N–H and O–H groups in total. The van der Waals surface area contributed by atoms with E-state index in [0.29, 0.717) is 0 Å². The summed E-state index contributed by atoms with van der Waals surface area (Å²) in [6.07, 6.45) is -1.80. The van der Waals surface area contributed by atoms with E-state index in [1.54, 1.807) is 35.6 Å². The number of carbonyl (C=O) groups is 1. The number of nitrogens with zero attached hydrogens (tertiary/aromatic N) is 2. The lowest BCUT2D eigenvalue weighted by Crippen LogP contribution is -2.13. The second-order valence-electron chi connectivity index (χ2n) is 2.88. The molecule has 7 heteroatoms. The van der Waals surface area contributed by atoms with E-state index in [4.69, 9.17) is 5.26 Å². The molecule has 0 aliphatic heterocycles. The molecule has 4 nitrogen and oxygen atoms in total. The van der Waals surface area contributed by atoms with E-state index in [0.717, 1.165) is 6.20 Å². The van der Waals surface area contributed by atoms with Gasteiger partial charge in [0.2, 0.25) is 0 Å². The molecule has 1 rings (SSSR count). The highest BCUT2D eigenvalue weighted by Gasteiger charge is 2.25. The molecule has 0 saturated heterocycles. The fourth-order valence-electron chi connectivity index (χ4n) is 1.14. The number of carbonyl (C=O) groups excluding carboxylic acids is 1. The molecule has 17 heavy (non-hydrogen) atoms. The Hall–Kier alpha value is -1.30. The first-order valence-electron chi connectivity index (χ1n) is 4.56. The maximum absolute atomic E-state index is 12.8. The molecule has 90 valence electrons. The van der Waals surface area contributed by atoms with Crippen molar-refractivity contribution in [2.24, 2.45) is 0 Å². The third-order valence-corrected chi connectivity index (χ3v) is 3.02. The number of ether oxygens (including phenoxy) is 1. The first kappa shape index (κ1) is 13.8. The van der Waals surface area contributed by atoms with E-state index in [1.807, 2.05) is 0 Å². The van der Waals surface area contributed by atoms with Gasteiger partial charge in [-0.05, 0) is 29.5 Å². The summed E-state index contributed by atoms with van der Waals surface area (Å²) in [6, 6.07) is 1.73. The number of aromatic nitrogens is 1. The Morgan fingerprint density at radius 1 is 1.71 bits per heavy atom. The maximum Gasteiger partial charge on any atom is 0.357 e. The van der Waals surface area contributed by atoms with Crippen LogP contribution in [0.2, 0.25) is 0 Å². The van der Waals surface area contributed by atoms with Crippen LogP contribution in [-0.4, -0.2) is 17.6 Å². The molecule has 0 aliphatic carbocycles. The molecule has 0 spiro atoms. The van der Waals surface area contributed by atoms with Gasteiger partial charge in [0.25, 0.3) is 6.43 Å². The van der Waals surface area contributed by atoms with Crippen molar-refractivity contribution in [3.8, 4) is 6.07 Å². The van der Waals surface area contributed by atoms with Crippen molar-refractivity contribution in [3.05, 3.63) is 26.6 Å². The topological polar surface area (TPSA) is 63.0 Å². The van der Waals surface area contributed by atoms with Crippen LogP contribution in [-0.2, 0) is 4.74 Å². The van der Waals surface area contributed by atoms with Gasteiger partial charge < -0.3 is 4.74 Å². The van der Waals surface area contributed by atoms with Gasteiger partial charge in [0.05, 0.1) is 17.7 Å². The van der Waals surface area contributed by atoms with Gasteiger partial charge in [-0.25, -0.2) is 18.6 Å². The molecular weight excluding hydrogens is 345 g/mol. The van der Waals surface area contributed by atoms with E-state index in [1.165, 1.54) is 0 Å². The fraction of sp³-hybridized carbons (Fsp3) is 0.300. The number of nitriles is 1. The van der Waals surface area contributed by atoms with Gasteiger partial charge in [-0.3, -0.25) is 0 Å². The van der Waals surface area contributed by atoms with Crippen molar-refractivity contribution >= 4 is 28.6 Å². The quantitative estimate of drug-likeness (QED) is 0.620. The molecule has 0 atom stereocenters. The summed E-state index contributed by atoms with van der Waals surface area (Å²) in [4.78, 5) is 15.0. The van der Waals surface area contributed by atoms with E-state index < -0.39 is 23.7 Å². The lowest BCUT2D eigenvalue weighted by molar-refractivity contribution is 0.0507. The monoisotopic (exact) mass is 352 g/mol. The minimum atomic E-state index is -2.89. The van der Waals surface area contributed by atoms with Crippen LogP contribution in [0, 0.1) is 14.9 Å². The van der Waals surface area contributed by atoms with Crippen LogP contribution in [0.1, 0.15) is 35.0 Å². The highest BCUT2D eigenvalue weighted by molar-refractivity contribution is 14.1. The Bertz CT molecular complexity index is 486. The van der Waals surface area contributed by atoms with Gasteiger partial charge in [0.15, 0.2) is 5.69 Å². The van der Waals surface area contributed by atoms with Crippen molar-refractivity contribution in [2.45, 2.75) is 13.3 Å². The molecule has 0 aliphatic rings. The van der Waals surface area contributed by atoms with E-state index >= 15 is 0 Å². The summed E-state index contributed by atoms with van der Waals surface area (Å²) in [5.41, 5.74) is -0.984. The van der Waals surface area contributed by atoms with E-state index in [9.17, 15) is 13.6 Å². The molecule has 1 aromatic heterocycles. The minimum absolute atomic E-state index is 0.00829. The lowest BCUT2D eigenvalue weighted by Gasteiger charge is -2.09.